The highest BCUT2D eigenvalue weighted by molar-refractivity contribution is 7.90. The molecule has 2 nitrogen and oxygen atoms in total. The van der Waals surface area contributed by atoms with Crippen molar-refractivity contribution >= 4 is 22.3 Å². The van der Waals surface area contributed by atoms with Gasteiger partial charge in [-0.05, 0) is 6.07 Å². The van der Waals surface area contributed by atoms with Gasteiger partial charge in [0, 0.05) is 6.26 Å². The van der Waals surface area contributed by atoms with Gasteiger partial charge in [-0.25, -0.2) is 12.8 Å². The van der Waals surface area contributed by atoms with Crippen molar-refractivity contribution in [2.75, 3.05) is 6.26 Å². The van der Waals surface area contributed by atoms with Gasteiger partial charge < -0.3 is 12.9 Å². The van der Waals surface area contributed by atoms with Crippen LogP contribution in [0.15, 0.2) is 23.1 Å². The van der Waals surface area contributed by atoms with E-state index >= 15 is 0 Å². The Morgan fingerprint density at radius 1 is 1.20 bits per heavy atom. The Labute approximate surface area is 83.9 Å². The number of sulfone groups is 1. The fourth-order valence-electron chi connectivity index (χ4n) is 1.01. The monoisotopic (exact) mass is 241 g/mol. The van der Waals surface area contributed by atoms with Crippen LogP contribution in [0.5, 0.6) is 0 Å². The van der Waals surface area contributed by atoms with Crippen LogP contribution in [0.25, 0.3) is 0 Å². The molecule has 8 heteroatoms. The van der Waals surface area contributed by atoms with E-state index in [9.17, 15) is 25.8 Å². The minimum Gasteiger partial charge on any atom is -0.445 e. The summed E-state index contributed by atoms with van der Waals surface area (Å²) in [7, 11) is -3.98. The Hall–Kier alpha value is -1.05. The van der Waals surface area contributed by atoms with E-state index in [0.29, 0.717) is 24.5 Å². The highest BCUT2D eigenvalue weighted by Crippen LogP contribution is 2.16. The first-order valence-electron chi connectivity index (χ1n) is 3.82. The molecule has 0 aliphatic rings. The third kappa shape index (κ3) is 2.71. The molecule has 15 heavy (non-hydrogen) atoms. The Balaban J connectivity index is 3.43. The molecule has 0 amide bonds. The lowest BCUT2D eigenvalue weighted by Crippen LogP contribution is -2.34. The van der Waals surface area contributed by atoms with Crippen LogP contribution in [0, 0.1) is 5.82 Å². The SMILES string of the molecule is CS(=O)(=O)c1cc([B-](F)(F)F)ccc1F. The molecule has 0 unspecified atom stereocenters. The summed E-state index contributed by atoms with van der Waals surface area (Å²) in [4.78, 5) is -0.931. The van der Waals surface area contributed by atoms with Gasteiger partial charge in [-0.3, -0.25) is 0 Å². The van der Waals surface area contributed by atoms with Gasteiger partial charge in [0.2, 0.25) is 0 Å². The maximum atomic E-state index is 12.9. The van der Waals surface area contributed by atoms with Crippen molar-refractivity contribution in [1.29, 1.82) is 0 Å². The van der Waals surface area contributed by atoms with Crippen molar-refractivity contribution in [3.63, 3.8) is 0 Å². The smallest absolute Gasteiger partial charge is 0.445 e. The van der Waals surface area contributed by atoms with Crippen LogP contribution in [0.2, 0.25) is 0 Å². The van der Waals surface area contributed by atoms with Crippen molar-refractivity contribution in [3.05, 3.63) is 24.0 Å². The predicted molar refractivity (Wildman–Crippen MR) is 48.2 cm³/mol. The second-order valence-corrected chi connectivity index (χ2v) is 5.02. The van der Waals surface area contributed by atoms with Crippen molar-refractivity contribution in [2.45, 2.75) is 4.90 Å². The molecule has 0 fully saturated rings. The van der Waals surface area contributed by atoms with Crippen molar-refractivity contribution in [2.24, 2.45) is 0 Å². The molecule has 1 aromatic carbocycles. The first kappa shape index (κ1) is 12.0. The third-order valence-corrected chi connectivity index (χ3v) is 2.84. The lowest BCUT2D eigenvalue weighted by molar-refractivity contribution is 0.500. The van der Waals surface area contributed by atoms with Crippen LogP contribution in [0.4, 0.5) is 17.3 Å². The fraction of sp³-hybridized carbons (Fsp3) is 0.143. The summed E-state index contributed by atoms with van der Waals surface area (Å²) in [5.41, 5.74) is -1.13. The van der Waals surface area contributed by atoms with E-state index in [2.05, 4.69) is 0 Å². The van der Waals surface area contributed by atoms with Gasteiger partial charge in [-0.1, -0.05) is 12.1 Å². The summed E-state index contributed by atoms with van der Waals surface area (Å²) < 4.78 is 71.5. The first-order valence-corrected chi connectivity index (χ1v) is 5.71. The van der Waals surface area contributed by atoms with Gasteiger partial charge >= 0.3 is 6.98 Å². The van der Waals surface area contributed by atoms with Gasteiger partial charge in [-0.2, -0.15) is 0 Å². The zero-order valence-electron chi connectivity index (χ0n) is 7.55. The molecular formula is C7H6BF4O2S-. The number of hydrogen-bond donors (Lipinski definition) is 0. The standard InChI is InChI=1S/C7H6BF4O2S/c1-15(13,14)7-4-5(8(10,11)12)2-3-6(7)9/h2-4H,1H3/q-1. The molecule has 0 saturated carbocycles. The Morgan fingerprint density at radius 2 is 1.73 bits per heavy atom. The molecule has 0 aliphatic carbocycles. The molecule has 0 aromatic heterocycles. The van der Waals surface area contributed by atoms with Crippen molar-refractivity contribution in [1.82, 2.24) is 0 Å². The zero-order chi connectivity index (χ0) is 11.9. The molecule has 0 aliphatic heterocycles. The summed E-state index contributed by atoms with van der Waals surface area (Å²) in [6, 6.07) is 1.33. The molecule has 0 radical (unpaired) electrons. The summed E-state index contributed by atoms with van der Waals surface area (Å²) >= 11 is 0. The Kier molecular flexibility index (Phi) is 2.82. The molecule has 1 aromatic rings. The van der Waals surface area contributed by atoms with E-state index in [0.717, 1.165) is 0 Å². The topological polar surface area (TPSA) is 34.1 Å². The molecule has 0 heterocycles. The molecule has 0 atom stereocenters. The number of rotatable bonds is 2. The quantitative estimate of drug-likeness (QED) is 0.577. The van der Waals surface area contributed by atoms with Gasteiger partial charge in [0.25, 0.3) is 0 Å². The maximum absolute atomic E-state index is 12.9. The Morgan fingerprint density at radius 3 is 2.13 bits per heavy atom. The van der Waals surface area contributed by atoms with Crippen LogP contribution in [-0.4, -0.2) is 21.7 Å². The van der Waals surface area contributed by atoms with E-state index in [1.54, 1.807) is 0 Å². The third-order valence-electron chi connectivity index (χ3n) is 1.73. The van der Waals surface area contributed by atoms with Gasteiger partial charge in [0.05, 0.1) is 4.90 Å². The van der Waals surface area contributed by atoms with Crippen molar-refractivity contribution < 1.29 is 25.8 Å². The Bertz CT molecular complexity index is 480. The highest BCUT2D eigenvalue weighted by Gasteiger charge is 2.27. The van der Waals surface area contributed by atoms with E-state index < -0.39 is 33.0 Å². The van der Waals surface area contributed by atoms with Gasteiger partial charge in [0.15, 0.2) is 9.84 Å². The maximum Gasteiger partial charge on any atom is 0.509 e. The predicted octanol–water partition coefficient (Wildman–Crippen LogP) is 1.28. The summed E-state index contributed by atoms with van der Waals surface area (Å²) in [5.74, 6) is -1.18. The molecule has 0 spiro atoms. The second kappa shape index (κ2) is 3.51. The zero-order valence-corrected chi connectivity index (χ0v) is 8.36. The average molecular weight is 241 g/mol. The molecule has 84 valence electrons. The first-order chi connectivity index (χ1) is 6.62. The van der Waals surface area contributed by atoms with E-state index in [1.165, 1.54) is 0 Å². The molecule has 0 saturated heterocycles. The minimum absolute atomic E-state index is 0.310. The summed E-state index contributed by atoms with van der Waals surface area (Å²) in [6.07, 6.45) is 0.651. The lowest BCUT2D eigenvalue weighted by atomic mass is 9.80. The van der Waals surface area contributed by atoms with Crippen LogP contribution in [0.1, 0.15) is 0 Å². The summed E-state index contributed by atoms with van der Waals surface area (Å²) in [6.45, 7) is -5.32. The highest BCUT2D eigenvalue weighted by atomic mass is 32.2. The largest absolute Gasteiger partial charge is 0.509 e. The van der Waals surface area contributed by atoms with Gasteiger partial charge in [-0.15, -0.1) is 5.46 Å². The number of hydrogen-bond acceptors (Lipinski definition) is 2. The number of benzene rings is 1. The van der Waals surface area contributed by atoms with Crippen LogP contribution in [0.3, 0.4) is 0 Å². The van der Waals surface area contributed by atoms with E-state index in [-0.39, 0.29) is 0 Å². The minimum atomic E-state index is -5.32. The normalized spacial score (nSPS) is 12.9. The second-order valence-electron chi connectivity index (χ2n) is 3.04. The van der Waals surface area contributed by atoms with Crippen molar-refractivity contribution in [3.8, 4) is 0 Å². The summed E-state index contributed by atoms with van der Waals surface area (Å²) in [5, 5.41) is 0. The fourth-order valence-corrected chi connectivity index (χ4v) is 1.78. The molecule has 0 bridgehead atoms. The van der Waals surface area contributed by atoms with Crippen LogP contribution >= 0.6 is 0 Å². The molecule has 1 rings (SSSR count). The van der Waals surface area contributed by atoms with Gasteiger partial charge in [0.1, 0.15) is 5.82 Å². The lowest BCUT2D eigenvalue weighted by Gasteiger charge is -2.15. The van der Waals surface area contributed by atoms with E-state index in [4.69, 9.17) is 0 Å². The number of halogens is 4. The van der Waals surface area contributed by atoms with E-state index in [1.807, 2.05) is 0 Å². The van der Waals surface area contributed by atoms with Crippen LogP contribution < -0.4 is 5.46 Å². The molecule has 0 N–H and O–H groups in total. The molecular weight excluding hydrogens is 235 g/mol. The average Bonchev–Trinajstić information content (AvgIpc) is 2.00. The van der Waals surface area contributed by atoms with Crippen LogP contribution in [-0.2, 0) is 9.84 Å².